The number of carbonyl (C=O) groups excluding carboxylic acids is 1. The van der Waals surface area contributed by atoms with Gasteiger partial charge in [0.15, 0.2) is 0 Å². The molecule has 0 saturated carbocycles. The van der Waals surface area contributed by atoms with E-state index in [9.17, 15) is 29.8 Å². The van der Waals surface area contributed by atoms with Gasteiger partial charge in [-0.1, -0.05) is 0 Å². The van der Waals surface area contributed by atoms with Crippen LogP contribution in [0.3, 0.4) is 0 Å². The number of rotatable bonds is 7. The number of nitro groups is 2. The lowest BCUT2D eigenvalue weighted by atomic mass is 10.1. The standard InChI is InChI=1S/C14H16N4O8/c1-26-13-7-4-5-16(11(19)3-2-8(15)14(20)21)12(7)9(17(22)23)6-10(13)18(24)25/h6,8H,2-5,15H2,1H3,(H,20,21)/t8-/m0/s1/i1D3. The van der Waals surface area contributed by atoms with Crippen molar-refractivity contribution in [3.63, 3.8) is 0 Å². The lowest BCUT2D eigenvalue weighted by Gasteiger charge is -2.18. The quantitative estimate of drug-likeness (QED) is 0.512. The summed E-state index contributed by atoms with van der Waals surface area (Å²) in [5.41, 5.74) is 3.21. The first-order chi connectivity index (χ1) is 13.3. The highest BCUT2D eigenvalue weighted by Crippen LogP contribution is 2.47. The second-order valence-electron chi connectivity index (χ2n) is 5.47. The van der Waals surface area contributed by atoms with E-state index in [0.717, 1.165) is 4.90 Å². The highest BCUT2D eigenvalue weighted by Gasteiger charge is 2.39. The summed E-state index contributed by atoms with van der Waals surface area (Å²) in [6.07, 6.45) is -0.712. The van der Waals surface area contributed by atoms with Crippen molar-refractivity contribution in [3.8, 4) is 5.75 Å². The summed E-state index contributed by atoms with van der Waals surface area (Å²) in [7, 11) is -3.07. The number of amides is 1. The van der Waals surface area contributed by atoms with Gasteiger partial charge >= 0.3 is 11.7 Å². The molecule has 1 atom stereocenters. The Morgan fingerprint density at radius 3 is 2.62 bits per heavy atom. The van der Waals surface area contributed by atoms with Gasteiger partial charge in [-0.15, -0.1) is 0 Å². The highest BCUT2D eigenvalue weighted by molar-refractivity contribution is 5.99. The van der Waals surface area contributed by atoms with Crippen LogP contribution in [0.15, 0.2) is 6.07 Å². The number of nitrogens with zero attached hydrogens (tertiary/aromatic N) is 3. The van der Waals surface area contributed by atoms with Crippen molar-refractivity contribution in [2.24, 2.45) is 5.73 Å². The van der Waals surface area contributed by atoms with E-state index in [2.05, 4.69) is 0 Å². The third-order valence-electron chi connectivity index (χ3n) is 3.95. The molecule has 1 heterocycles. The molecule has 12 heteroatoms. The molecule has 3 N–H and O–H groups in total. The van der Waals surface area contributed by atoms with Crippen molar-refractivity contribution in [1.82, 2.24) is 0 Å². The molecular formula is C14H16N4O8. The van der Waals surface area contributed by atoms with E-state index in [0.29, 0.717) is 6.07 Å². The molecule has 0 radical (unpaired) electrons. The first kappa shape index (κ1) is 15.0. The van der Waals surface area contributed by atoms with E-state index in [1.165, 1.54) is 0 Å². The Kier molecular flexibility index (Phi) is 4.22. The fourth-order valence-electron chi connectivity index (χ4n) is 2.72. The lowest BCUT2D eigenvalue weighted by molar-refractivity contribution is -0.394. The zero-order chi connectivity index (χ0) is 22.1. The summed E-state index contributed by atoms with van der Waals surface area (Å²) in [4.78, 5) is 45.1. The summed E-state index contributed by atoms with van der Waals surface area (Å²) in [6.45, 7) is -0.129. The molecule has 0 bridgehead atoms. The zero-order valence-electron chi connectivity index (χ0n) is 16.2. The van der Waals surface area contributed by atoms with Crippen LogP contribution in [0.4, 0.5) is 17.1 Å². The second kappa shape index (κ2) is 7.31. The minimum Gasteiger partial charge on any atom is -0.490 e. The molecule has 1 aromatic rings. The zero-order valence-corrected chi connectivity index (χ0v) is 13.2. The summed E-state index contributed by atoms with van der Waals surface area (Å²) in [5.74, 6) is -2.69. The number of aliphatic carboxylic acids is 1. The number of carboxylic acids is 1. The molecule has 1 aromatic carbocycles. The third-order valence-corrected chi connectivity index (χ3v) is 3.95. The van der Waals surface area contributed by atoms with Gasteiger partial charge in [-0.3, -0.25) is 29.8 Å². The predicted molar refractivity (Wildman–Crippen MR) is 87.2 cm³/mol. The van der Waals surface area contributed by atoms with Gasteiger partial charge in [0.1, 0.15) is 17.8 Å². The molecule has 0 saturated heterocycles. The van der Waals surface area contributed by atoms with Gasteiger partial charge < -0.3 is 20.5 Å². The van der Waals surface area contributed by atoms with Gasteiger partial charge in [-0.25, -0.2) is 0 Å². The first-order valence-corrected chi connectivity index (χ1v) is 7.30. The molecule has 0 fully saturated rings. The van der Waals surface area contributed by atoms with Crippen molar-refractivity contribution < 1.29 is 33.4 Å². The Labute approximate surface area is 150 Å². The molecular weight excluding hydrogens is 352 g/mol. The minimum absolute atomic E-state index is 0.125. The number of benzene rings is 1. The summed E-state index contributed by atoms with van der Waals surface area (Å²) in [6, 6.07) is -0.781. The molecule has 26 heavy (non-hydrogen) atoms. The Balaban J connectivity index is 2.54. The number of ether oxygens (including phenoxy) is 1. The average molecular weight is 371 g/mol. The molecule has 0 aliphatic carbocycles. The maximum Gasteiger partial charge on any atom is 0.320 e. The van der Waals surface area contributed by atoms with Crippen LogP contribution in [-0.2, 0) is 16.0 Å². The number of fused-ring (bicyclic) bond motifs is 1. The van der Waals surface area contributed by atoms with Crippen LogP contribution >= 0.6 is 0 Å². The summed E-state index contributed by atoms with van der Waals surface area (Å²) < 4.78 is 26.3. The number of carboxylic acid groups (broad SMARTS) is 1. The molecule has 0 spiro atoms. The van der Waals surface area contributed by atoms with Gasteiger partial charge in [0.2, 0.25) is 11.7 Å². The molecule has 140 valence electrons. The number of hydrogen-bond donors (Lipinski definition) is 2. The molecule has 0 aromatic heterocycles. The average Bonchev–Trinajstić information content (AvgIpc) is 3.02. The van der Waals surface area contributed by atoms with E-state index in [4.69, 9.17) is 19.7 Å². The smallest absolute Gasteiger partial charge is 0.320 e. The van der Waals surface area contributed by atoms with Crippen molar-refractivity contribution in [2.75, 3.05) is 18.5 Å². The van der Waals surface area contributed by atoms with E-state index < -0.39 is 51.9 Å². The van der Waals surface area contributed by atoms with Gasteiger partial charge in [-0.05, 0) is 12.8 Å². The summed E-state index contributed by atoms with van der Waals surface area (Å²) >= 11 is 0. The van der Waals surface area contributed by atoms with E-state index in [1.807, 2.05) is 0 Å². The molecule has 2 rings (SSSR count). The summed E-state index contributed by atoms with van der Waals surface area (Å²) in [5, 5.41) is 31.5. The molecule has 0 unspecified atom stereocenters. The third kappa shape index (κ3) is 3.39. The van der Waals surface area contributed by atoms with Crippen molar-refractivity contribution in [1.29, 1.82) is 0 Å². The Morgan fingerprint density at radius 2 is 2.08 bits per heavy atom. The van der Waals surface area contributed by atoms with E-state index in [1.54, 1.807) is 0 Å². The molecule has 1 aliphatic rings. The Hall–Kier alpha value is -3.28. The molecule has 12 nitrogen and oxygen atoms in total. The first-order valence-electron chi connectivity index (χ1n) is 8.80. The molecule has 1 amide bonds. The van der Waals surface area contributed by atoms with Gasteiger partial charge in [0, 0.05) is 18.5 Å². The van der Waals surface area contributed by atoms with Crippen LogP contribution in [0, 0.1) is 20.2 Å². The fraction of sp³-hybridized carbons (Fsp3) is 0.429. The normalized spacial score (nSPS) is 16.0. The Morgan fingerprint density at radius 1 is 1.42 bits per heavy atom. The van der Waals surface area contributed by atoms with E-state index >= 15 is 0 Å². The predicted octanol–water partition coefficient (Wildman–Crippen LogP) is 0.593. The highest BCUT2D eigenvalue weighted by atomic mass is 16.6. The van der Waals surface area contributed by atoms with Crippen LogP contribution in [-0.4, -0.2) is 46.5 Å². The second-order valence-corrected chi connectivity index (χ2v) is 5.47. The van der Waals surface area contributed by atoms with Crippen LogP contribution < -0.4 is 15.4 Å². The Bertz CT molecular complexity index is 889. The van der Waals surface area contributed by atoms with Gasteiger partial charge in [0.05, 0.1) is 21.0 Å². The number of anilines is 1. The van der Waals surface area contributed by atoms with Crippen molar-refractivity contribution in [3.05, 3.63) is 31.9 Å². The SMILES string of the molecule is [2H]C([2H])([2H])Oc1c([N+](=O)[O-])cc([N+](=O)[O-])c2c1CCN2C(=O)CC[C@H](N)C(=O)O. The number of nitrogens with two attached hydrogens (primary N) is 1. The van der Waals surface area contributed by atoms with Crippen molar-refractivity contribution in [2.45, 2.75) is 25.3 Å². The molecule has 1 aliphatic heterocycles. The number of methoxy groups -OCH3 is 1. The largest absolute Gasteiger partial charge is 0.490 e. The number of carbonyl (C=O) groups is 2. The van der Waals surface area contributed by atoms with Crippen LogP contribution in [0.2, 0.25) is 0 Å². The van der Waals surface area contributed by atoms with E-state index in [-0.39, 0.29) is 37.1 Å². The van der Waals surface area contributed by atoms with Gasteiger partial charge in [-0.2, -0.15) is 0 Å². The minimum atomic E-state index is -3.07. The van der Waals surface area contributed by atoms with Crippen LogP contribution in [0.25, 0.3) is 0 Å². The number of hydrogen-bond acceptors (Lipinski definition) is 8. The van der Waals surface area contributed by atoms with Crippen molar-refractivity contribution >= 4 is 28.9 Å². The van der Waals surface area contributed by atoms with Gasteiger partial charge in [0.25, 0.3) is 5.69 Å². The number of nitro benzene ring substituents is 2. The fourth-order valence-corrected chi connectivity index (χ4v) is 2.72. The van der Waals surface area contributed by atoms with Crippen LogP contribution in [0.1, 0.15) is 22.5 Å². The maximum atomic E-state index is 12.5. The maximum absolute atomic E-state index is 12.5. The topological polar surface area (TPSA) is 179 Å². The van der Waals surface area contributed by atoms with Crippen LogP contribution in [0.5, 0.6) is 5.75 Å². The lowest BCUT2D eigenvalue weighted by Crippen LogP contribution is -2.34. The monoisotopic (exact) mass is 371 g/mol.